The van der Waals surface area contributed by atoms with Crippen LogP contribution < -0.4 is 9.80 Å². The molecule has 0 fully saturated rings. The zero-order valence-electron chi connectivity index (χ0n) is 29.8. The van der Waals surface area contributed by atoms with Gasteiger partial charge in [-0.15, -0.1) is 0 Å². The normalized spacial score (nSPS) is 13.4. The first-order chi connectivity index (χ1) is 26.7. The van der Waals surface area contributed by atoms with E-state index in [4.69, 9.17) is 0 Å². The monoisotopic (exact) mass is 690 g/mol. The molecular formula is C52H38N2. The first-order valence-corrected chi connectivity index (χ1v) is 18.4. The fourth-order valence-electron chi connectivity index (χ4n) is 7.08. The highest BCUT2D eigenvalue weighted by Crippen LogP contribution is 2.38. The smallest absolute Gasteiger partial charge is 0.0462 e. The Balaban J connectivity index is 1.08. The van der Waals surface area contributed by atoms with Crippen LogP contribution in [-0.2, 0) is 0 Å². The molecule has 0 saturated heterocycles. The maximum Gasteiger partial charge on any atom is 0.0462 e. The zero-order valence-corrected chi connectivity index (χ0v) is 29.8. The Kier molecular flexibility index (Phi) is 8.99. The molecule has 8 aromatic rings. The molecular weight excluding hydrogens is 653 g/mol. The highest BCUT2D eigenvalue weighted by atomic mass is 15.1. The Morgan fingerprint density at radius 2 is 0.389 bits per heavy atom. The van der Waals surface area contributed by atoms with Gasteiger partial charge in [-0.3, -0.25) is 0 Å². The molecule has 0 radical (unpaired) electrons. The molecule has 0 saturated carbocycles. The molecule has 0 amide bonds. The Morgan fingerprint density at radius 3 is 0.630 bits per heavy atom. The summed E-state index contributed by atoms with van der Waals surface area (Å²) < 4.78 is 0. The van der Waals surface area contributed by atoms with Gasteiger partial charge in [0.15, 0.2) is 0 Å². The third kappa shape index (κ3) is 7.01. The van der Waals surface area contributed by atoms with Crippen LogP contribution in [-0.4, -0.2) is 0 Å². The number of rotatable bonds is 4. The van der Waals surface area contributed by atoms with Crippen molar-refractivity contribution in [1.82, 2.24) is 0 Å². The minimum Gasteiger partial charge on any atom is -0.311 e. The van der Waals surface area contributed by atoms with Gasteiger partial charge < -0.3 is 9.80 Å². The van der Waals surface area contributed by atoms with E-state index in [0.29, 0.717) is 0 Å². The van der Waals surface area contributed by atoms with E-state index in [9.17, 15) is 0 Å². The second kappa shape index (κ2) is 14.8. The summed E-state index contributed by atoms with van der Waals surface area (Å²) in [6, 6.07) is 73.9. The van der Waals surface area contributed by atoms with Gasteiger partial charge in [-0.05, 0) is 117 Å². The molecule has 0 aliphatic carbocycles. The summed E-state index contributed by atoms with van der Waals surface area (Å²) in [4.78, 5) is 4.64. The second-order valence-electron chi connectivity index (χ2n) is 13.5. The third-order valence-corrected chi connectivity index (χ3v) is 10.0. The molecule has 8 bridgehead atoms. The van der Waals surface area contributed by atoms with Crippen molar-refractivity contribution < 1.29 is 0 Å². The van der Waals surface area contributed by atoms with Gasteiger partial charge in [-0.25, -0.2) is 0 Å². The van der Waals surface area contributed by atoms with Crippen LogP contribution in [0.15, 0.2) is 206 Å². The average Bonchev–Trinajstić information content (AvgIpc) is 3.25. The van der Waals surface area contributed by atoms with Gasteiger partial charge in [0.2, 0.25) is 0 Å². The van der Waals surface area contributed by atoms with Gasteiger partial charge >= 0.3 is 0 Å². The number of nitrogens with zero attached hydrogens (tertiary/aromatic N) is 2. The van der Waals surface area contributed by atoms with Crippen LogP contribution in [0.25, 0.3) is 46.6 Å². The highest BCUT2D eigenvalue weighted by Gasteiger charge is 2.15. The van der Waals surface area contributed by atoms with Gasteiger partial charge in [0.25, 0.3) is 0 Å². The van der Waals surface area contributed by atoms with Crippen LogP contribution in [0.4, 0.5) is 34.1 Å². The standard InChI is InChI=1S/C52H38N2/c1-3-7-43(8-4-1)45-23-35-51(36-24-45)53-47-27-15-39(16-28-47)11-13-41-19-31-49(32-20-41)54(52-37-25-46(26-38-52)44-9-5-2-6-10-44)50-33-21-42(22-34-50)14-12-40-17-29-48(53)30-18-40/h1-38H/b13-11-,14-12-. The summed E-state index contributed by atoms with van der Waals surface area (Å²) in [6.07, 6.45) is 8.74. The van der Waals surface area contributed by atoms with Crippen molar-refractivity contribution >= 4 is 58.4 Å². The molecule has 0 unspecified atom stereocenters. The second-order valence-corrected chi connectivity index (χ2v) is 13.5. The van der Waals surface area contributed by atoms with Gasteiger partial charge in [0.1, 0.15) is 0 Å². The van der Waals surface area contributed by atoms with Gasteiger partial charge in [-0.1, -0.05) is 158 Å². The predicted molar refractivity (Wildman–Crippen MR) is 231 cm³/mol. The van der Waals surface area contributed by atoms with Crippen molar-refractivity contribution in [3.63, 3.8) is 0 Å². The molecule has 15 rings (SSSR count). The van der Waals surface area contributed by atoms with Crippen molar-refractivity contribution in [3.05, 3.63) is 229 Å². The number of benzene rings is 8. The summed E-state index contributed by atoms with van der Waals surface area (Å²) >= 11 is 0. The summed E-state index contributed by atoms with van der Waals surface area (Å²) in [5.41, 5.74) is 16.0. The van der Waals surface area contributed by atoms with Crippen LogP contribution in [0.1, 0.15) is 22.3 Å². The molecule has 0 atom stereocenters. The lowest BCUT2D eigenvalue weighted by molar-refractivity contribution is 1.28. The first-order valence-electron chi connectivity index (χ1n) is 18.4. The van der Waals surface area contributed by atoms with E-state index in [2.05, 4.69) is 240 Å². The lowest BCUT2D eigenvalue weighted by atomic mass is 10.0. The van der Waals surface area contributed by atoms with Crippen molar-refractivity contribution in [1.29, 1.82) is 0 Å². The van der Waals surface area contributed by atoms with Crippen molar-refractivity contribution in [2.24, 2.45) is 0 Å². The number of hydrogen-bond donors (Lipinski definition) is 0. The topological polar surface area (TPSA) is 6.48 Å². The maximum absolute atomic E-state index is 2.32. The molecule has 0 N–H and O–H groups in total. The maximum atomic E-state index is 2.32. The molecule has 7 aliphatic rings. The highest BCUT2D eigenvalue weighted by molar-refractivity contribution is 5.83. The molecule has 7 heterocycles. The molecule has 8 aromatic carbocycles. The molecule has 256 valence electrons. The minimum absolute atomic E-state index is 1.10. The first kappa shape index (κ1) is 32.7. The van der Waals surface area contributed by atoms with Crippen molar-refractivity contribution in [2.75, 3.05) is 9.80 Å². The van der Waals surface area contributed by atoms with E-state index in [0.717, 1.165) is 56.4 Å². The van der Waals surface area contributed by atoms with Gasteiger partial charge in [0.05, 0.1) is 0 Å². The fraction of sp³-hybridized carbons (Fsp3) is 0. The molecule has 2 nitrogen and oxygen atoms in total. The largest absolute Gasteiger partial charge is 0.311 e. The lowest BCUT2D eigenvalue weighted by Gasteiger charge is -2.26. The van der Waals surface area contributed by atoms with Crippen LogP contribution in [0, 0.1) is 0 Å². The number of hydrogen-bond acceptors (Lipinski definition) is 2. The average molecular weight is 691 g/mol. The molecule has 54 heavy (non-hydrogen) atoms. The van der Waals surface area contributed by atoms with E-state index < -0.39 is 0 Å². The molecule has 0 aromatic heterocycles. The summed E-state index contributed by atoms with van der Waals surface area (Å²) in [6.45, 7) is 0. The lowest BCUT2D eigenvalue weighted by Crippen LogP contribution is -2.10. The van der Waals surface area contributed by atoms with E-state index in [1.165, 1.54) is 22.3 Å². The molecule has 0 spiro atoms. The SMILES string of the molecule is C1=C\c2ccc(cc2)N(c2ccc(-c3ccccc3)cc2)c2ccc(cc2)/C=C\c2ccc(cc2)N(c2ccc(-c3ccccc3)cc2)c2ccc/1cc2. The minimum atomic E-state index is 1.10. The van der Waals surface area contributed by atoms with E-state index >= 15 is 0 Å². The van der Waals surface area contributed by atoms with E-state index in [1.54, 1.807) is 0 Å². The zero-order chi connectivity index (χ0) is 36.1. The van der Waals surface area contributed by atoms with Crippen LogP contribution >= 0.6 is 0 Å². The van der Waals surface area contributed by atoms with Gasteiger partial charge in [0, 0.05) is 34.1 Å². The number of anilines is 6. The quantitative estimate of drug-likeness (QED) is 0.181. The Hall–Kier alpha value is -7.16. The Labute approximate surface area is 317 Å². The van der Waals surface area contributed by atoms with Crippen molar-refractivity contribution in [2.45, 2.75) is 0 Å². The van der Waals surface area contributed by atoms with Crippen LogP contribution in [0.3, 0.4) is 0 Å². The van der Waals surface area contributed by atoms with E-state index in [1.807, 2.05) is 0 Å². The van der Waals surface area contributed by atoms with E-state index in [-0.39, 0.29) is 0 Å². The molecule has 2 heteroatoms. The predicted octanol–water partition coefficient (Wildman–Crippen LogP) is 14.6. The van der Waals surface area contributed by atoms with Crippen LogP contribution in [0.5, 0.6) is 0 Å². The van der Waals surface area contributed by atoms with Gasteiger partial charge in [-0.2, -0.15) is 0 Å². The van der Waals surface area contributed by atoms with Crippen LogP contribution in [0.2, 0.25) is 0 Å². The third-order valence-electron chi connectivity index (χ3n) is 10.0. The Bertz CT molecular complexity index is 2230. The van der Waals surface area contributed by atoms with Crippen molar-refractivity contribution in [3.8, 4) is 22.3 Å². The summed E-state index contributed by atoms with van der Waals surface area (Å²) in [7, 11) is 0. The summed E-state index contributed by atoms with van der Waals surface area (Å²) in [5, 5.41) is 0. The molecule has 7 aliphatic heterocycles. The Morgan fingerprint density at radius 1 is 0.185 bits per heavy atom. The fourth-order valence-corrected chi connectivity index (χ4v) is 7.08. The summed E-state index contributed by atoms with van der Waals surface area (Å²) in [5.74, 6) is 0.